The first kappa shape index (κ1) is 13.9. The van der Waals surface area contributed by atoms with E-state index in [2.05, 4.69) is 5.32 Å². The van der Waals surface area contributed by atoms with Crippen LogP contribution in [0.2, 0.25) is 0 Å². The van der Waals surface area contributed by atoms with Gasteiger partial charge in [-0.05, 0) is 25.0 Å². The Hall–Kier alpha value is -2.11. The van der Waals surface area contributed by atoms with E-state index in [1.165, 1.54) is 4.90 Å². The van der Waals surface area contributed by atoms with Crippen LogP contribution in [0.1, 0.15) is 37.4 Å². The van der Waals surface area contributed by atoms with E-state index in [1.807, 2.05) is 12.1 Å². The lowest BCUT2D eigenvalue weighted by Crippen LogP contribution is -2.33. The van der Waals surface area contributed by atoms with Crippen molar-refractivity contribution in [2.75, 3.05) is 13.1 Å². The Labute approximate surface area is 122 Å². The average molecular weight is 290 g/mol. The Morgan fingerprint density at radius 2 is 2.10 bits per heavy atom. The number of nitrogens with zero attached hydrogens (tertiary/aromatic N) is 1. The Balaban J connectivity index is 1.36. The fourth-order valence-electron chi connectivity index (χ4n) is 2.75. The van der Waals surface area contributed by atoms with Gasteiger partial charge in [0, 0.05) is 37.8 Å². The zero-order valence-corrected chi connectivity index (χ0v) is 11.7. The van der Waals surface area contributed by atoms with Crippen molar-refractivity contribution < 1.29 is 18.8 Å². The molecule has 1 N–H and O–H groups in total. The van der Waals surface area contributed by atoms with Gasteiger partial charge >= 0.3 is 0 Å². The number of rotatable bonds is 6. The lowest BCUT2D eigenvalue weighted by atomic mass is 10.2. The number of imide groups is 1. The van der Waals surface area contributed by atoms with Crippen LogP contribution in [0.25, 0.3) is 0 Å². The smallest absolute Gasteiger partial charge is 0.229 e. The van der Waals surface area contributed by atoms with E-state index in [0.717, 1.165) is 12.2 Å². The summed E-state index contributed by atoms with van der Waals surface area (Å²) in [6, 6.07) is 3.72. The molecule has 1 aliphatic carbocycles. The molecule has 2 aliphatic rings. The van der Waals surface area contributed by atoms with Crippen molar-refractivity contribution >= 4 is 17.7 Å². The SMILES string of the molecule is O=C(NCCCN1C(=O)CCC1=O)[C@@H]1C[C@H]1c1ccco1. The van der Waals surface area contributed by atoms with Gasteiger partial charge in [-0.3, -0.25) is 19.3 Å². The van der Waals surface area contributed by atoms with Gasteiger partial charge in [0.2, 0.25) is 17.7 Å². The standard InChI is InChI=1S/C15H18N2O4/c18-13-4-5-14(19)17(13)7-2-6-16-15(20)11-9-10(11)12-3-1-8-21-12/h1,3,8,10-11H,2,4-7,9H2,(H,16,20)/t10-,11-/m1/s1. The molecule has 0 bridgehead atoms. The summed E-state index contributed by atoms with van der Waals surface area (Å²) in [4.78, 5) is 36.0. The summed E-state index contributed by atoms with van der Waals surface area (Å²) in [6.07, 6.45) is 3.67. The number of furan rings is 1. The number of hydrogen-bond acceptors (Lipinski definition) is 4. The van der Waals surface area contributed by atoms with Crippen molar-refractivity contribution in [2.45, 2.75) is 31.6 Å². The molecule has 1 aliphatic heterocycles. The molecular weight excluding hydrogens is 272 g/mol. The Kier molecular flexibility index (Phi) is 3.77. The number of hydrogen-bond donors (Lipinski definition) is 1. The van der Waals surface area contributed by atoms with Crippen LogP contribution >= 0.6 is 0 Å². The molecule has 2 atom stereocenters. The van der Waals surface area contributed by atoms with Crippen molar-refractivity contribution in [2.24, 2.45) is 5.92 Å². The second-order valence-corrected chi connectivity index (χ2v) is 5.55. The molecule has 0 aromatic carbocycles. The lowest BCUT2D eigenvalue weighted by molar-refractivity contribution is -0.138. The van der Waals surface area contributed by atoms with Gasteiger partial charge in [-0.2, -0.15) is 0 Å². The minimum absolute atomic E-state index is 0.00815. The molecular formula is C15H18N2O4. The quantitative estimate of drug-likeness (QED) is 0.627. The highest BCUT2D eigenvalue weighted by molar-refractivity contribution is 6.01. The van der Waals surface area contributed by atoms with Gasteiger partial charge < -0.3 is 9.73 Å². The van der Waals surface area contributed by atoms with E-state index in [9.17, 15) is 14.4 Å². The zero-order valence-electron chi connectivity index (χ0n) is 11.7. The molecule has 2 heterocycles. The van der Waals surface area contributed by atoms with Gasteiger partial charge in [-0.1, -0.05) is 0 Å². The molecule has 1 saturated heterocycles. The molecule has 3 rings (SSSR count). The number of nitrogens with one attached hydrogen (secondary N) is 1. The number of amides is 3. The van der Waals surface area contributed by atoms with Gasteiger partial charge in [0.15, 0.2) is 0 Å². The minimum atomic E-state index is -0.105. The van der Waals surface area contributed by atoms with Crippen molar-refractivity contribution in [3.05, 3.63) is 24.2 Å². The molecule has 1 aromatic heterocycles. The van der Waals surface area contributed by atoms with Crippen LogP contribution in [0, 0.1) is 5.92 Å². The zero-order chi connectivity index (χ0) is 14.8. The first-order chi connectivity index (χ1) is 10.2. The van der Waals surface area contributed by atoms with Crippen LogP contribution in [0.5, 0.6) is 0 Å². The number of likely N-dealkylation sites (tertiary alicyclic amines) is 1. The van der Waals surface area contributed by atoms with Gasteiger partial charge in [0.1, 0.15) is 5.76 Å². The van der Waals surface area contributed by atoms with Crippen molar-refractivity contribution in [1.82, 2.24) is 10.2 Å². The summed E-state index contributed by atoms with van der Waals surface area (Å²) >= 11 is 0. The van der Waals surface area contributed by atoms with E-state index in [0.29, 0.717) is 32.4 Å². The molecule has 0 spiro atoms. The van der Waals surface area contributed by atoms with Crippen LogP contribution in [0.15, 0.2) is 22.8 Å². The first-order valence-corrected chi connectivity index (χ1v) is 7.31. The van der Waals surface area contributed by atoms with Crippen molar-refractivity contribution in [3.8, 4) is 0 Å². The third kappa shape index (κ3) is 2.99. The van der Waals surface area contributed by atoms with Gasteiger partial charge in [0.05, 0.1) is 6.26 Å². The molecule has 6 nitrogen and oxygen atoms in total. The second-order valence-electron chi connectivity index (χ2n) is 5.55. The van der Waals surface area contributed by atoms with Crippen molar-refractivity contribution in [3.63, 3.8) is 0 Å². The van der Waals surface area contributed by atoms with E-state index in [-0.39, 0.29) is 29.6 Å². The van der Waals surface area contributed by atoms with Gasteiger partial charge in [-0.25, -0.2) is 0 Å². The van der Waals surface area contributed by atoms with Crippen LogP contribution < -0.4 is 5.32 Å². The van der Waals surface area contributed by atoms with E-state index in [4.69, 9.17) is 4.42 Å². The highest BCUT2D eigenvalue weighted by Crippen LogP contribution is 2.47. The molecule has 21 heavy (non-hydrogen) atoms. The molecule has 112 valence electrons. The molecule has 1 aromatic rings. The number of carbonyl (C=O) groups is 3. The summed E-state index contributed by atoms with van der Waals surface area (Å²) < 4.78 is 5.29. The Bertz CT molecular complexity index is 536. The maximum absolute atomic E-state index is 11.9. The van der Waals surface area contributed by atoms with E-state index < -0.39 is 0 Å². The molecule has 3 amide bonds. The van der Waals surface area contributed by atoms with Gasteiger partial charge in [-0.15, -0.1) is 0 Å². The molecule has 1 saturated carbocycles. The third-order valence-corrected chi connectivity index (χ3v) is 4.05. The van der Waals surface area contributed by atoms with E-state index >= 15 is 0 Å². The first-order valence-electron chi connectivity index (χ1n) is 7.31. The summed E-state index contributed by atoms with van der Waals surface area (Å²) in [6.45, 7) is 0.876. The highest BCUT2D eigenvalue weighted by Gasteiger charge is 2.45. The topological polar surface area (TPSA) is 79.6 Å². The third-order valence-electron chi connectivity index (χ3n) is 4.05. The summed E-state index contributed by atoms with van der Waals surface area (Å²) in [5.41, 5.74) is 0. The number of carbonyl (C=O) groups excluding carboxylic acids is 3. The predicted molar refractivity (Wildman–Crippen MR) is 73.1 cm³/mol. The van der Waals surface area contributed by atoms with Crippen molar-refractivity contribution in [1.29, 1.82) is 0 Å². The predicted octanol–water partition coefficient (Wildman–Crippen LogP) is 1.04. The molecule has 6 heteroatoms. The van der Waals surface area contributed by atoms with Crippen LogP contribution in [0.3, 0.4) is 0 Å². The maximum Gasteiger partial charge on any atom is 0.229 e. The van der Waals surface area contributed by atoms with Crippen LogP contribution in [0.4, 0.5) is 0 Å². The lowest BCUT2D eigenvalue weighted by Gasteiger charge is -2.13. The monoisotopic (exact) mass is 290 g/mol. The maximum atomic E-state index is 11.9. The summed E-state index contributed by atoms with van der Waals surface area (Å²) in [7, 11) is 0. The Morgan fingerprint density at radius 1 is 1.33 bits per heavy atom. The largest absolute Gasteiger partial charge is 0.469 e. The van der Waals surface area contributed by atoms with E-state index in [1.54, 1.807) is 6.26 Å². The fourth-order valence-corrected chi connectivity index (χ4v) is 2.75. The summed E-state index contributed by atoms with van der Waals surface area (Å²) in [5, 5.41) is 2.86. The average Bonchev–Trinajstić information content (AvgIpc) is 2.96. The molecule has 2 fully saturated rings. The molecule has 0 radical (unpaired) electrons. The van der Waals surface area contributed by atoms with Crippen LogP contribution in [-0.4, -0.2) is 35.7 Å². The highest BCUT2D eigenvalue weighted by atomic mass is 16.3. The normalized spacial score (nSPS) is 24.5. The second kappa shape index (κ2) is 5.71. The summed E-state index contributed by atoms with van der Waals surface area (Å²) in [5.74, 6) is 0.865. The van der Waals surface area contributed by atoms with Gasteiger partial charge in [0.25, 0.3) is 0 Å². The Morgan fingerprint density at radius 3 is 2.76 bits per heavy atom. The minimum Gasteiger partial charge on any atom is -0.469 e. The molecule has 0 unspecified atom stereocenters. The van der Waals surface area contributed by atoms with Crippen LogP contribution in [-0.2, 0) is 14.4 Å². The fraction of sp³-hybridized carbons (Fsp3) is 0.533.